The second-order valence-corrected chi connectivity index (χ2v) is 6.36. The lowest BCUT2D eigenvalue weighted by Crippen LogP contribution is -2.23. The van der Waals surface area contributed by atoms with Gasteiger partial charge in [-0.05, 0) is 57.0 Å². The van der Waals surface area contributed by atoms with E-state index in [9.17, 15) is 0 Å². The summed E-state index contributed by atoms with van der Waals surface area (Å²) in [4.78, 5) is 4.33. The summed E-state index contributed by atoms with van der Waals surface area (Å²) in [5.41, 5.74) is 7.99. The van der Waals surface area contributed by atoms with E-state index in [1.807, 2.05) is 56.3 Å². The molecule has 0 radical (unpaired) electrons. The fourth-order valence-electron chi connectivity index (χ4n) is 2.42. The SMILES string of the molecule is CC(C)Oc1ccc(NC(N)=NCCCOC(C)c2ccccc2)cc1.I. The number of nitrogens with two attached hydrogens (primary N) is 1. The maximum atomic E-state index is 5.92. The van der Waals surface area contributed by atoms with E-state index in [1.54, 1.807) is 0 Å². The van der Waals surface area contributed by atoms with E-state index in [2.05, 4.69) is 29.4 Å². The lowest BCUT2D eigenvalue weighted by Gasteiger charge is -2.13. The van der Waals surface area contributed by atoms with Gasteiger partial charge in [-0.2, -0.15) is 0 Å². The summed E-state index contributed by atoms with van der Waals surface area (Å²) in [6.45, 7) is 7.33. The van der Waals surface area contributed by atoms with Crippen LogP contribution in [-0.2, 0) is 4.74 Å². The van der Waals surface area contributed by atoms with Gasteiger partial charge in [0, 0.05) is 18.8 Å². The van der Waals surface area contributed by atoms with Crippen LogP contribution in [0.3, 0.4) is 0 Å². The first-order valence-corrected chi connectivity index (χ1v) is 9.05. The van der Waals surface area contributed by atoms with E-state index < -0.39 is 0 Å². The van der Waals surface area contributed by atoms with Crippen molar-refractivity contribution in [1.82, 2.24) is 0 Å². The van der Waals surface area contributed by atoms with Crippen molar-refractivity contribution in [2.45, 2.75) is 39.4 Å². The van der Waals surface area contributed by atoms with Gasteiger partial charge in [0.05, 0.1) is 12.2 Å². The number of ether oxygens (including phenoxy) is 2. The summed E-state index contributed by atoms with van der Waals surface area (Å²) in [5, 5.41) is 3.08. The van der Waals surface area contributed by atoms with Crippen molar-refractivity contribution in [3.63, 3.8) is 0 Å². The Balaban J connectivity index is 0.00000364. The minimum atomic E-state index is 0. The van der Waals surface area contributed by atoms with Crippen molar-refractivity contribution in [2.75, 3.05) is 18.5 Å². The smallest absolute Gasteiger partial charge is 0.193 e. The van der Waals surface area contributed by atoms with Crippen LogP contribution in [-0.4, -0.2) is 25.2 Å². The third-order valence-corrected chi connectivity index (χ3v) is 3.72. The number of anilines is 1. The number of hydrogen-bond acceptors (Lipinski definition) is 3. The largest absolute Gasteiger partial charge is 0.491 e. The molecule has 0 aliphatic rings. The molecule has 1 unspecified atom stereocenters. The van der Waals surface area contributed by atoms with Crippen LogP contribution in [0.4, 0.5) is 5.69 Å². The Morgan fingerprint density at radius 3 is 2.33 bits per heavy atom. The highest BCUT2D eigenvalue weighted by Gasteiger charge is 2.04. The number of hydrogen-bond donors (Lipinski definition) is 2. The normalized spacial score (nSPS) is 12.4. The molecule has 27 heavy (non-hydrogen) atoms. The lowest BCUT2D eigenvalue weighted by atomic mass is 10.1. The van der Waals surface area contributed by atoms with E-state index >= 15 is 0 Å². The Morgan fingerprint density at radius 1 is 1.04 bits per heavy atom. The monoisotopic (exact) mass is 483 g/mol. The second kappa shape index (κ2) is 12.6. The van der Waals surface area contributed by atoms with Crippen molar-refractivity contribution in [3.8, 4) is 5.75 Å². The van der Waals surface area contributed by atoms with Gasteiger partial charge in [-0.15, -0.1) is 24.0 Å². The summed E-state index contributed by atoms with van der Waals surface area (Å²) in [5.74, 6) is 1.24. The van der Waals surface area contributed by atoms with Crippen LogP contribution in [0.1, 0.15) is 38.9 Å². The fourth-order valence-corrected chi connectivity index (χ4v) is 2.42. The number of nitrogens with zero attached hydrogens (tertiary/aromatic N) is 1. The third-order valence-electron chi connectivity index (χ3n) is 3.72. The number of aliphatic imine (C=N–C) groups is 1. The molecule has 0 saturated heterocycles. The molecule has 6 heteroatoms. The average Bonchev–Trinajstić information content (AvgIpc) is 2.63. The maximum Gasteiger partial charge on any atom is 0.193 e. The Kier molecular flexibility index (Phi) is 10.8. The molecule has 2 aromatic rings. The summed E-state index contributed by atoms with van der Waals surface area (Å²) >= 11 is 0. The molecule has 5 nitrogen and oxygen atoms in total. The van der Waals surface area contributed by atoms with Gasteiger partial charge in [-0.3, -0.25) is 4.99 Å². The van der Waals surface area contributed by atoms with E-state index in [4.69, 9.17) is 15.2 Å². The van der Waals surface area contributed by atoms with E-state index in [1.165, 1.54) is 5.56 Å². The highest BCUT2D eigenvalue weighted by molar-refractivity contribution is 14.0. The fraction of sp³-hybridized carbons (Fsp3) is 0.381. The Bertz CT molecular complexity index is 676. The molecule has 1 atom stereocenters. The van der Waals surface area contributed by atoms with Crippen LogP contribution < -0.4 is 15.8 Å². The van der Waals surface area contributed by atoms with Crippen molar-refractivity contribution >= 4 is 35.6 Å². The Labute approximate surface area is 179 Å². The molecule has 0 aromatic heterocycles. The molecule has 2 aromatic carbocycles. The van der Waals surface area contributed by atoms with E-state index in [0.717, 1.165) is 17.9 Å². The highest BCUT2D eigenvalue weighted by atomic mass is 127. The molecular weight excluding hydrogens is 453 g/mol. The van der Waals surface area contributed by atoms with Gasteiger partial charge >= 0.3 is 0 Å². The van der Waals surface area contributed by atoms with Gasteiger partial charge in [-0.1, -0.05) is 30.3 Å². The zero-order valence-corrected chi connectivity index (χ0v) is 18.6. The topological polar surface area (TPSA) is 68.9 Å². The Hall–Kier alpha value is -1.80. The van der Waals surface area contributed by atoms with Crippen LogP contribution in [0.25, 0.3) is 0 Å². The van der Waals surface area contributed by atoms with Crippen LogP contribution in [0.5, 0.6) is 5.75 Å². The molecule has 0 aliphatic carbocycles. The van der Waals surface area contributed by atoms with Gasteiger partial charge in [-0.25, -0.2) is 0 Å². The molecule has 0 aliphatic heterocycles. The average molecular weight is 483 g/mol. The van der Waals surface area contributed by atoms with Crippen molar-refractivity contribution in [1.29, 1.82) is 0 Å². The van der Waals surface area contributed by atoms with Crippen molar-refractivity contribution in [2.24, 2.45) is 10.7 Å². The summed E-state index contributed by atoms with van der Waals surface area (Å²) < 4.78 is 11.4. The molecular formula is C21H30IN3O2. The number of nitrogens with one attached hydrogen (secondary N) is 1. The third kappa shape index (κ3) is 9.10. The maximum absolute atomic E-state index is 5.92. The van der Waals surface area contributed by atoms with Gasteiger partial charge < -0.3 is 20.5 Å². The molecule has 0 bridgehead atoms. The molecule has 148 valence electrons. The first-order valence-electron chi connectivity index (χ1n) is 9.05. The molecule has 0 heterocycles. The predicted molar refractivity (Wildman–Crippen MR) is 123 cm³/mol. The molecule has 0 fully saturated rings. The molecule has 3 N–H and O–H groups in total. The molecule has 2 rings (SSSR count). The zero-order chi connectivity index (χ0) is 18.8. The second-order valence-electron chi connectivity index (χ2n) is 6.36. The van der Waals surface area contributed by atoms with Crippen molar-refractivity contribution < 1.29 is 9.47 Å². The number of halogens is 1. The van der Waals surface area contributed by atoms with Crippen molar-refractivity contribution in [3.05, 3.63) is 60.2 Å². The quantitative estimate of drug-likeness (QED) is 0.228. The summed E-state index contributed by atoms with van der Waals surface area (Å²) in [6, 6.07) is 17.9. The minimum Gasteiger partial charge on any atom is -0.491 e. The number of benzene rings is 2. The van der Waals surface area contributed by atoms with Gasteiger partial charge in [0.2, 0.25) is 0 Å². The number of guanidine groups is 1. The van der Waals surface area contributed by atoms with E-state index in [0.29, 0.717) is 19.1 Å². The summed E-state index contributed by atoms with van der Waals surface area (Å²) in [7, 11) is 0. The van der Waals surface area contributed by atoms with Crippen LogP contribution >= 0.6 is 24.0 Å². The zero-order valence-electron chi connectivity index (χ0n) is 16.2. The lowest BCUT2D eigenvalue weighted by molar-refractivity contribution is 0.0652. The summed E-state index contributed by atoms with van der Waals surface area (Å²) in [6.07, 6.45) is 1.07. The minimum absolute atomic E-state index is 0. The predicted octanol–water partition coefficient (Wildman–Crippen LogP) is 4.99. The van der Waals surface area contributed by atoms with Gasteiger partial charge in [0.25, 0.3) is 0 Å². The van der Waals surface area contributed by atoms with Crippen LogP contribution in [0.15, 0.2) is 59.6 Å². The number of rotatable bonds is 9. The standard InChI is InChI=1S/C21H29N3O2.HI/c1-16(2)26-20-12-10-19(11-13-20)24-21(22)23-14-7-15-25-17(3)18-8-5-4-6-9-18;/h4-6,8-13,16-17H,7,14-15H2,1-3H3,(H3,22,23,24);1H. The van der Waals surface area contributed by atoms with Crippen LogP contribution in [0, 0.1) is 0 Å². The highest BCUT2D eigenvalue weighted by Crippen LogP contribution is 2.17. The molecule has 0 amide bonds. The van der Waals surface area contributed by atoms with Gasteiger partial charge in [0.1, 0.15) is 5.75 Å². The first-order chi connectivity index (χ1) is 12.5. The van der Waals surface area contributed by atoms with E-state index in [-0.39, 0.29) is 36.2 Å². The van der Waals surface area contributed by atoms with Gasteiger partial charge in [0.15, 0.2) is 5.96 Å². The Morgan fingerprint density at radius 2 is 1.70 bits per heavy atom. The first kappa shape index (κ1) is 23.2. The molecule has 0 spiro atoms. The van der Waals surface area contributed by atoms with Crippen LogP contribution in [0.2, 0.25) is 0 Å². The molecule has 0 saturated carbocycles.